The number of nitrogens with one attached hydrogen (secondary N) is 1. The zero-order chi connectivity index (χ0) is 17.8. The summed E-state index contributed by atoms with van der Waals surface area (Å²) in [5, 5.41) is 15.3. The average molecular weight is 400 g/mol. The van der Waals surface area contributed by atoms with Crippen molar-refractivity contribution in [2.45, 2.75) is 13.8 Å². The van der Waals surface area contributed by atoms with Crippen molar-refractivity contribution in [2.24, 2.45) is 5.10 Å². The number of fused-ring (bicyclic) bond motifs is 1. The van der Waals surface area contributed by atoms with Crippen LogP contribution in [0.2, 0.25) is 0 Å². The largest absolute Gasteiger partial charge is 0.503 e. The zero-order valence-electron chi connectivity index (χ0n) is 14.0. The number of phenols is 1. The Morgan fingerprint density at radius 1 is 1.28 bits per heavy atom. The van der Waals surface area contributed by atoms with Crippen LogP contribution in [-0.4, -0.2) is 22.9 Å². The summed E-state index contributed by atoms with van der Waals surface area (Å²) in [5.74, 6) is 0.506. The number of nitrogens with zero attached hydrogens (tertiary/aromatic N) is 2. The Bertz CT molecular complexity index is 941. The molecule has 3 aromatic rings. The van der Waals surface area contributed by atoms with Crippen molar-refractivity contribution < 1.29 is 9.84 Å². The molecule has 1 heterocycles. The van der Waals surface area contributed by atoms with Gasteiger partial charge in [-0.25, -0.2) is 0 Å². The summed E-state index contributed by atoms with van der Waals surface area (Å²) in [6, 6.07) is 13.4. The molecule has 3 rings (SSSR count). The fraction of sp³-hybridized carbons (Fsp3) is 0.158. The van der Waals surface area contributed by atoms with E-state index < -0.39 is 0 Å². The minimum atomic E-state index is 0.0858. The number of rotatable bonds is 5. The van der Waals surface area contributed by atoms with E-state index in [0.29, 0.717) is 16.8 Å². The van der Waals surface area contributed by atoms with Gasteiger partial charge >= 0.3 is 0 Å². The van der Waals surface area contributed by atoms with Crippen LogP contribution in [0.1, 0.15) is 18.2 Å². The first-order valence-corrected chi connectivity index (χ1v) is 8.68. The second kappa shape index (κ2) is 7.53. The molecule has 0 atom stereocenters. The highest BCUT2D eigenvalue weighted by molar-refractivity contribution is 9.10. The number of phenolic OH excluding ortho intramolecular Hbond substituents is 1. The molecule has 0 fully saturated rings. The third-order valence-corrected chi connectivity index (χ3v) is 4.20. The molecule has 0 aliphatic rings. The zero-order valence-corrected chi connectivity index (χ0v) is 15.5. The van der Waals surface area contributed by atoms with E-state index >= 15 is 0 Å². The van der Waals surface area contributed by atoms with E-state index in [-0.39, 0.29) is 5.75 Å². The van der Waals surface area contributed by atoms with Crippen molar-refractivity contribution in [1.82, 2.24) is 4.98 Å². The van der Waals surface area contributed by atoms with Crippen molar-refractivity contribution in [3.63, 3.8) is 0 Å². The van der Waals surface area contributed by atoms with Gasteiger partial charge in [-0.05, 0) is 59.6 Å². The molecule has 2 aromatic carbocycles. The number of halogens is 1. The van der Waals surface area contributed by atoms with Gasteiger partial charge in [0.1, 0.15) is 0 Å². The van der Waals surface area contributed by atoms with E-state index in [1.54, 1.807) is 18.3 Å². The molecule has 0 aliphatic carbocycles. The number of benzene rings is 2. The predicted molar refractivity (Wildman–Crippen MR) is 105 cm³/mol. The van der Waals surface area contributed by atoms with Crippen LogP contribution in [0.5, 0.6) is 11.5 Å². The molecule has 6 heteroatoms. The van der Waals surface area contributed by atoms with Crippen LogP contribution < -0.4 is 10.2 Å². The molecule has 0 unspecified atom stereocenters. The van der Waals surface area contributed by atoms with Crippen LogP contribution in [0.3, 0.4) is 0 Å². The average Bonchev–Trinajstić information content (AvgIpc) is 2.59. The van der Waals surface area contributed by atoms with Gasteiger partial charge < -0.3 is 9.84 Å². The fourth-order valence-electron chi connectivity index (χ4n) is 2.51. The third-order valence-electron chi connectivity index (χ3n) is 3.59. The molecule has 0 saturated heterocycles. The van der Waals surface area contributed by atoms with Gasteiger partial charge in [-0.2, -0.15) is 5.10 Å². The monoisotopic (exact) mass is 399 g/mol. The van der Waals surface area contributed by atoms with Crippen LogP contribution >= 0.6 is 15.9 Å². The van der Waals surface area contributed by atoms with Crippen LogP contribution in [0, 0.1) is 6.92 Å². The Hall–Kier alpha value is -2.60. The summed E-state index contributed by atoms with van der Waals surface area (Å²) in [6.07, 6.45) is 1.68. The molecule has 0 radical (unpaired) electrons. The lowest BCUT2D eigenvalue weighted by Gasteiger charge is -2.09. The normalized spacial score (nSPS) is 11.2. The van der Waals surface area contributed by atoms with Crippen LogP contribution in [0.4, 0.5) is 5.69 Å². The van der Waals surface area contributed by atoms with E-state index in [1.165, 1.54) is 0 Å². The van der Waals surface area contributed by atoms with Crippen LogP contribution in [0.25, 0.3) is 10.9 Å². The molecular weight excluding hydrogens is 382 g/mol. The van der Waals surface area contributed by atoms with Crippen molar-refractivity contribution in [2.75, 3.05) is 12.0 Å². The van der Waals surface area contributed by atoms with Crippen LogP contribution in [0.15, 0.2) is 52.0 Å². The molecule has 0 saturated carbocycles. The molecular formula is C19H18BrN3O2. The number of anilines is 1. The summed E-state index contributed by atoms with van der Waals surface area (Å²) >= 11 is 3.33. The molecule has 5 nitrogen and oxygen atoms in total. The van der Waals surface area contributed by atoms with E-state index in [4.69, 9.17) is 4.74 Å². The summed E-state index contributed by atoms with van der Waals surface area (Å²) < 4.78 is 5.99. The fourth-order valence-corrected chi connectivity index (χ4v) is 2.97. The number of aromatic hydroxyl groups is 1. The van der Waals surface area contributed by atoms with Gasteiger partial charge in [0.2, 0.25) is 0 Å². The number of ether oxygens (including phenoxy) is 1. The summed E-state index contributed by atoms with van der Waals surface area (Å²) in [7, 11) is 0. The second-order valence-corrected chi connectivity index (χ2v) is 6.34. The number of para-hydroxylation sites is 1. The minimum absolute atomic E-state index is 0.0858. The van der Waals surface area contributed by atoms with Crippen molar-refractivity contribution >= 4 is 38.7 Å². The molecule has 0 bridgehead atoms. The number of pyridine rings is 1. The van der Waals surface area contributed by atoms with E-state index in [0.717, 1.165) is 27.8 Å². The maximum Gasteiger partial charge on any atom is 0.172 e. The standard InChI is InChI=1S/C19H18BrN3O2/c1-3-25-18-10-13(9-15(20)19(18)24)11-21-23-17-8-12(2)22-16-7-5-4-6-14(16)17/h4-11,24H,3H2,1-2H3,(H,22,23)/b21-11+. The molecule has 0 aliphatic heterocycles. The predicted octanol–water partition coefficient (Wildman–Crippen LogP) is 4.86. The minimum Gasteiger partial charge on any atom is -0.503 e. The lowest BCUT2D eigenvalue weighted by atomic mass is 10.1. The van der Waals surface area contributed by atoms with E-state index in [9.17, 15) is 5.11 Å². The number of hydrogen-bond acceptors (Lipinski definition) is 5. The highest BCUT2D eigenvalue weighted by Crippen LogP contribution is 2.35. The summed E-state index contributed by atoms with van der Waals surface area (Å²) in [4.78, 5) is 4.51. The SMILES string of the molecule is CCOc1cc(/C=N/Nc2cc(C)nc3ccccc23)cc(Br)c1O. The van der Waals surface area contributed by atoms with Gasteiger partial charge in [-0.1, -0.05) is 18.2 Å². The number of hydrazone groups is 1. The Kier molecular flexibility index (Phi) is 5.19. The molecule has 1 aromatic heterocycles. The van der Waals surface area contributed by atoms with Crippen molar-refractivity contribution in [1.29, 1.82) is 0 Å². The quantitative estimate of drug-likeness (QED) is 0.474. The van der Waals surface area contributed by atoms with Gasteiger partial charge in [0.15, 0.2) is 11.5 Å². The molecule has 0 amide bonds. The Labute approximate surface area is 154 Å². The Morgan fingerprint density at radius 3 is 2.88 bits per heavy atom. The highest BCUT2D eigenvalue weighted by Gasteiger charge is 2.08. The highest BCUT2D eigenvalue weighted by atomic mass is 79.9. The lowest BCUT2D eigenvalue weighted by molar-refractivity contribution is 0.317. The molecule has 2 N–H and O–H groups in total. The van der Waals surface area contributed by atoms with Crippen molar-refractivity contribution in [3.8, 4) is 11.5 Å². The first-order chi connectivity index (χ1) is 12.1. The number of hydrogen-bond donors (Lipinski definition) is 2. The lowest BCUT2D eigenvalue weighted by Crippen LogP contribution is -1.96. The maximum atomic E-state index is 9.97. The van der Waals surface area contributed by atoms with Gasteiger partial charge in [-0.15, -0.1) is 0 Å². The smallest absolute Gasteiger partial charge is 0.172 e. The topological polar surface area (TPSA) is 66.7 Å². The molecule has 128 valence electrons. The van der Waals surface area contributed by atoms with Gasteiger partial charge in [0.25, 0.3) is 0 Å². The molecule has 0 spiro atoms. The van der Waals surface area contributed by atoms with E-state index in [1.807, 2.05) is 44.2 Å². The summed E-state index contributed by atoms with van der Waals surface area (Å²) in [6.45, 7) is 4.29. The first kappa shape index (κ1) is 17.2. The van der Waals surface area contributed by atoms with Gasteiger partial charge in [-0.3, -0.25) is 10.4 Å². The second-order valence-electron chi connectivity index (χ2n) is 5.48. The first-order valence-electron chi connectivity index (χ1n) is 7.89. The third kappa shape index (κ3) is 3.91. The molecule has 25 heavy (non-hydrogen) atoms. The Morgan fingerprint density at radius 2 is 2.08 bits per heavy atom. The van der Waals surface area contributed by atoms with Gasteiger partial charge in [0.05, 0.1) is 28.5 Å². The van der Waals surface area contributed by atoms with E-state index in [2.05, 4.69) is 31.4 Å². The number of aryl methyl sites for hydroxylation is 1. The van der Waals surface area contributed by atoms with Gasteiger partial charge in [0, 0.05) is 11.1 Å². The van der Waals surface area contributed by atoms with Crippen LogP contribution in [-0.2, 0) is 0 Å². The van der Waals surface area contributed by atoms with Crippen molar-refractivity contribution in [3.05, 3.63) is 58.2 Å². The number of aromatic nitrogens is 1. The summed E-state index contributed by atoms with van der Waals surface area (Å²) in [5.41, 5.74) is 6.61. The Balaban J connectivity index is 1.87. The maximum absolute atomic E-state index is 9.97.